The number of nitrogens with zero attached hydrogens (tertiary/aromatic N) is 1. The van der Waals surface area contributed by atoms with Gasteiger partial charge in [0.1, 0.15) is 18.5 Å². The molecule has 1 unspecified atom stereocenters. The van der Waals surface area contributed by atoms with E-state index < -0.39 is 11.9 Å². The molecule has 0 radical (unpaired) electrons. The molecule has 1 N–H and O–H groups in total. The second kappa shape index (κ2) is 10.6. The topological polar surface area (TPSA) is 94.2 Å². The van der Waals surface area contributed by atoms with Crippen LogP contribution >= 0.6 is 11.8 Å². The van der Waals surface area contributed by atoms with Crippen molar-refractivity contribution >= 4 is 29.5 Å². The molecule has 2 aliphatic rings. The Balaban J connectivity index is 1.69. The first-order valence-electron chi connectivity index (χ1n) is 10.2. The fourth-order valence-electron chi connectivity index (χ4n) is 3.62. The van der Waals surface area contributed by atoms with Gasteiger partial charge in [0.2, 0.25) is 11.8 Å². The van der Waals surface area contributed by atoms with Gasteiger partial charge in [-0.1, -0.05) is 6.07 Å². The first kappa shape index (κ1) is 22.3. The molecule has 9 heteroatoms. The van der Waals surface area contributed by atoms with Crippen LogP contribution in [-0.2, 0) is 19.1 Å². The van der Waals surface area contributed by atoms with E-state index in [1.165, 1.54) is 16.7 Å². The smallest absolute Gasteiger partial charge is 0.325 e. The van der Waals surface area contributed by atoms with E-state index in [1.54, 1.807) is 14.0 Å². The Hall–Kier alpha value is -2.42. The van der Waals surface area contributed by atoms with Gasteiger partial charge in [-0.15, -0.1) is 11.8 Å². The average molecular weight is 437 g/mol. The van der Waals surface area contributed by atoms with Crippen LogP contribution in [0.5, 0.6) is 11.5 Å². The van der Waals surface area contributed by atoms with E-state index in [4.69, 9.17) is 14.2 Å². The molecule has 1 aliphatic carbocycles. The third kappa shape index (κ3) is 5.59. The lowest BCUT2D eigenvalue weighted by atomic mass is 10.1. The number of methoxy groups -OCH3 is 1. The van der Waals surface area contributed by atoms with Crippen molar-refractivity contribution in [2.45, 2.75) is 44.1 Å². The van der Waals surface area contributed by atoms with Crippen molar-refractivity contribution in [1.29, 1.82) is 0 Å². The molecule has 30 heavy (non-hydrogen) atoms. The summed E-state index contributed by atoms with van der Waals surface area (Å²) in [7, 11) is 1.60. The SMILES string of the molecule is CCOC(=O)CNC(=O)CN1C(=O)CSC1c1ccc(OC)c(OC2CCCC2)c1. The molecule has 3 rings (SSSR count). The van der Waals surface area contributed by atoms with Gasteiger partial charge in [0.25, 0.3) is 0 Å². The minimum absolute atomic E-state index is 0.120. The number of rotatable bonds is 9. The van der Waals surface area contributed by atoms with Crippen molar-refractivity contribution in [2.75, 3.05) is 32.6 Å². The molecule has 1 aliphatic heterocycles. The summed E-state index contributed by atoms with van der Waals surface area (Å²) in [6, 6.07) is 5.62. The Morgan fingerprint density at radius 1 is 1.23 bits per heavy atom. The highest BCUT2D eigenvalue weighted by atomic mass is 32.2. The van der Waals surface area contributed by atoms with Crippen LogP contribution in [0.2, 0.25) is 0 Å². The lowest BCUT2D eigenvalue weighted by Crippen LogP contribution is -2.41. The minimum atomic E-state index is -0.506. The number of amides is 2. The molecule has 2 fully saturated rings. The summed E-state index contributed by atoms with van der Waals surface area (Å²) in [4.78, 5) is 37.6. The van der Waals surface area contributed by atoms with Gasteiger partial charge in [-0.25, -0.2) is 0 Å². The number of thioether (sulfide) groups is 1. The van der Waals surface area contributed by atoms with Gasteiger partial charge >= 0.3 is 5.97 Å². The summed E-state index contributed by atoms with van der Waals surface area (Å²) in [6.07, 6.45) is 4.55. The predicted octanol–water partition coefficient (Wildman–Crippen LogP) is 2.27. The zero-order chi connectivity index (χ0) is 21.5. The normalized spacial score (nSPS) is 19.1. The zero-order valence-corrected chi connectivity index (χ0v) is 18.2. The molecule has 8 nitrogen and oxygen atoms in total. The van der Waals surface area contributed by atoms with Crippen molar-refractivity contribution in [2.24, 2.45) is 0 Å². The van der Waals surface area contributed by atoms with Crippen molar-refractivity contribution in [3.63, 3.8) is 0 Å². The highest BCUT2D eigenvalue weighted by molar-refractivity contribution is 8.00. The van der Waals surface area contributed by atoms with E-state index >= 15 is 0 Å². The lowest BCUT2D eigenvalue weighted by Gasteiger charge is -2.25. The van der Waals surface area contributed by atoms with Crippen LogP contribution in [0.4, 0.5) is 0 Å². The molecule has 1 atom stereocenters. The van der Waals surface area contributed by atoms with Gasteiger partial charge in [-0.2, -0.15) is 0 Å². The maximum atomic E-state index is 12.4. The van der Waals surface area contributed by atoms with Crippen LogP contribution in [-0.4, -0.2) is 61.3 Å². The van der Waals surface area contributed by atoms with Crippen LogP contribution in [0.25, 0.3) is 0 Å². The van der Waals surface area contributed by atoms with E-state index in [-0.39, 0.29) is 37.1 Å². The number of ether oxygens (including phenoxy) is 3. The fourth-order valence-corrected chi connectivity index (χ4v) is 4.80. The Bertz CT molecular complexity index is 781. The van der Waals surface area contributed by atoms with Gasteiger partial charge < -0.3 is 24.4 Å². The number of benzene rings is 1. The summed E-state index contributed by atoms with van der Waals surface area (Å²) >= 11 is 1.46. The monoisotopic (exact) mass is 436 g/mol. The van der Waals surface area contributed by atoms with Gasteiger partial charge in [0.05, 0.1) is 25.6 Å². The fraction of sp³-hybridized carbons (Fsp3) is 0.571. The second-order valence-electron chi connectivity index (χ2n) is 7.20. The second-order valence-corrected chi connectivity index (χ2v) is 8.27. The van der Waals surface area contributed by atoms with Crippen molar-refractivity contribution < 1.29 is 28.6 Å². The highest BCUT2D eigenvalue weighted by Gasteiger charge is 2.35. The molecular formula is C21H28N2O6S. The van der Waals surface area contributed by atoms with E-state index in [2.05, 4.69) is 5.32 Å². The molecule has 0 bridgehead atoms. The quantitative estimate of drug-likeness (QED) is 0.594. The Kier molecular flexibility index (Phi) is 7.84. The zero-order valence-electron chi connectivity index (χ0n) is 17.3. The molecule has 2 amide bonds. The molecule has 1 aromatic carbocycles. The predicted molar refractivity (Wildman–Crippen MR) is 112 cm³/mol. The third-order valence-electron chi connectivity index (χ3n) is 5.09. The Labute approximate surface area is 180 Å². The summed E-state index contributed by atoms with van der Waals surface area (Å²) in [5.41, 5.74) is 0.873. The first-order chi connectivity index (χ1) is 14.5. The third-order valence-corrected chi connectivity index (χ3v) is 6.34. The minimum Gasteiger partial charge on any atom is -0.493 e. The summed E-state index contributed by atoms with van der Waals surface area (Å²) < 4.78 is 16.4. The number of carbonyl (C=O) groups excluding carboxylic acids is 3. The van der Waals surface area contributed by atoms with Gasteiger partial charge in [-0.3, -0.25) is 14.4 Å². The summed E-state index contributed by atoms with van der Waals surface area (Å²) in [5, 5.41) is 2.20. The Morgan fingerprint density at radius 3 is 2.70 bits per heavy atom. The van der Waals surface area contributed by atoms with Gasteiger partial charge in [0.15, 0.2) is 11.5 Å². The van der Waals surface area contributed by atoms with Gasteiger partial charge in [0, 0.05) is 0 Å². The molecule has 1 saturated heterocycles. The van der Waals surface area contributed by atoms with Crippen LogP contribution in [0.3, 0.4) is 0 Å². The molecule has 0 aromatic heterocycles. The van der Waals surface area contributed by atoms with E-state index in [0.717, 1.165) is 31.2 Å². The summed E-state index contributed by atoms with van der Waals surface area (Å²) in [6.45, 7) is 1.61. The molecular weight excluding hydrogens is 408 g/mol. The molecule has 1 aromatic rings. The van der Waals surface area contributed by atoms with Crippen LogP contribution in [0, 0.1) is 0 Å². The summed E-state index contributed by atoms with van der Waals surface area (Å²) in [5.74, 6) is 0.576. The first-order valence-corrected chi connectivity index (χ1v) is 11.2. The van der Waals surface area contributed by atoms with Crippen LogP contribution in [0.1, 0.15) is 43.5 Å². The maximum Gasteiger partial charge on any atom is 0.325 e. The largest absolute Gasteiger partial charge is 0.493 e. The number of carbonyl (C=O) groups is 3. The van der Waals surface area contributed by atoms with Gasteiger partial charge in [-0.05, 0) is 50.3 Å². The standard InChI is InChI=1S/C21H28N2O6S/c1-3-28-20(26)11-22-18(24)12-23-19(25)13-30-21(23)14-8-9-16(27-2)17(10-14)29-15-6-4-5-7-15/h8-10,15,21H,3-7,11-13H2,1-2H3,(H,22,24). The maximum absolute atomic E-state index is 12.4. The van der Waals surface area contributed by atoms with Crippen molar-refractivity contribution in [3.8, 4) is 11.5 Å². The molecule has 1 saturated carbocycles. The Morgan fingerprint density at radius 2 is 2.00 bits per heavy atom. The lowest BCUT2D eigenvalue weighted by molar-refractivity contribution is -0.143. The van der Waals surface area contributed by atoms with Crippen molar-refractivity contribution in [3.05, 3.63) is 23.8 Å². The van der Waals surface area contributed by atoms with Crippen LogP contribution in [0.15, 0.2) is 18.2 Å². The molecule has 1 heterocycles. The number of esters is 1. The molecule has 0 spiro atoms. The van der Waals surface area contributed by atoms with E-state index in [1.807, 2.05) is 18.2 Å². The molecule has 164 valence electrons. The number of nitrogens with one attached hydrogen (secondary N) is 1. The number of hydrogen-bond donors (Lipinski definition) is 1. The van der Waals surface area contributed by atoms with E-state index in [0.29, 0.717) is 17.3 Å². The average Bonchev–Trinajstić information content (AvgIpc) is 3.37. The van der Waals surface area contributed by atoms with Crippen LogP contribution < -0.4 is 14.8 Å². The van der Waals surface area contributed by atoms with E-state index in [9.17, 15) is 14.4 Å². The number of hydrogen-bond acceptors (Lipinski definition) is 7. The van der Waals surface area contributed by atoms with Crippen molar-refractivity contribution in [1.82, 2.24) is 10.2 Å². The highest BCUT2D eigenvalue weighted by Crippen LogP contribution is 2.42.